The summed E-state index contributed by atoms with van der Waals surface area (Å²) >= 11 is 3.89. The Labute approximate surface area is 243 Å². The number of benzene rings is 6. The smallest absolute Gasteiger partial charge is 0.0911 e. The largest absolute Gasteiger partial charge is 0.247 e. The Kier molecular flexibility index (Phi) is 4.88. The van der Waals surface area contributed by atoms with E-state index in [0.29, 0.717) is 0 Å². The molecule has 0 saturated heterocycles. The van der Waals surface area contributed by atoms with Gasteiger partial charge in [-0.05, 0) is 51.5 Å². The summed E-state index contributed by atoms with van der Waals surface area (Å²) < 4.78 is 0. The van der Waals surface area contributed by atoms with Crippen LogP contribution in [-0.2, 0) is 5.41 Å². The van der Waals surface area contributed by atoms with Gasteiger partial charge in [-0.25, -0.2) is 0 Å². The second-order valence-corrected chi connectivity index (χ2v) is 12.9. The van der Waals surface area contributed by atoms with Gasteiger partial charge in [0.15, 0.2) is 0 Å². The van der Waals surface area contributed by atoms with Gasteiger partial charge < -0.3 is 0 Å². The van der Waals surface area contributed by atoms with Crippen molar-refractivity contribution in [1.29, 1.82) is 0 Å². The molecule has 0 spiro atoms. The van der Waals surface area contributed by atoms with E-state index in [-0.39, 0.29) is 12.1 Å². The highest BCUT2D eigenvalue weighted by atomic mass is 32.2. The Bertz CT molecular complexity index is 1920. The van der Waals surface area contributed by atoms with Crippen LogP contribution in [0.3, 0.4) is 0 Å². The van der Waals surface area contributed by atoms with E-state index in [1.165, 1.54) is 69.4 Å². The molecular formula is C37H23BS2. The number of rotatable bonds is 2. The van der Waals surface area contributed by atoms with Gasteiger partial charge in [0.25, 0.3) is 0 Å². The van der Waals surface area contributed by atoms with Gasteiger partial charge in [-0.3, -0.25) is 0 Å². The Hall–Kier alpha value is -3.92. The zero-order valence-corrected chi connectivity index (χ0v) is 23.3. The molecule has 186 valence electrons. The molecule has 6 aromatic carbocycles. The van der Waals surface area contributed by atoms with E-state index in [2.05, 4.69) is 140 Å². The Balaban J connectivity index is 1.40. The molecule has 3 aliphatic rings. The standard InChI is InChI=1S/C37H23BS2/c1-3-12-24(13-4-1)37(25-14-5-2-6-15-25)27-17-8-7-16-26(27)34-28(37)22-23-30-36(34)40-33-21-11-20-32-35(33)38(30)29-18-9-10-19-31(29)39-32/h1-23H. The minimum Gasteiger partial charge on any atom is -0.0911 e. The fourth-order valence-electron chi connectivity index (χ4n) is 7.36. The van der Waals surface area contributed by atoms with Crippen LogP contribution in [0, 0.1) is 0 Å². The van der Waals surface area contributed by atoms with E-state index in [1.54, 1.807) is 0 Å². The van der Waals surface area contributed by atoms with Crippen LogP contribution in [0.1, 0.15) is 22.3 Å². The second kappa shape index (κ2) is 8.54. The minimum atomic E-state index is -0.369. The SMILES string of the molecule is c1ccc(C2(c3ccccc3)c3ccccc3-c3c2ccc2c3Sc3cccc4c3B2c2ccccc2S4)cc1. The van der Waals surface area contributed by atoms with Crippen LogP contribution >= 0.6 is 23.5 Å². The lowest BCUT2D eigenvalue weighted by molar-refractivity contribution is 0.767. The van der Waals surface area contributed by atoms with Gasteiger partial charge in [-0.2, -0.15) is 0 Å². The van der Waals surface area contributed by atoms with Crippen LogP contribution in [0.4, 0.5) is 0 Å². The maximum absolute atomic E-state index is 2.45. The Morgan fingerprint density at radius 2 is 1.07 bits per heavy atom. The van der Waals surface area contributed by atoms with E-state index < -0.39 is 0 Å². The van der Waals surface area contributed by atoms with Crippen LogP contribution in [0.15, 0.2) is 159 Å². The summed E-state index contributed by atoms with van der Waals surface area (Å²) in [4.78, 5) is 5.57. The van der Waals surface area contributed by atoms with Crippen molar-refractivity contribution >= 4 is 46.6 Å². The van der Waals surface area contributed by atoms with Crippen molar-refractivity contribution in [3.63, 3.8) is 0 Å². The minimum absolute atomic E-state index is 0.251. The molecule has 2 heterocycles. The first-order chi connectivity index (χ1) is 19.9. The highest BCUT2D eigenvalue weighted by Gasteiger charge is 2.49. The van der Waals surface area contributed by atoms with Crippen LogP contribution in [-0.4, -0.2) is 6.71 Å². The van der Waals surface area contributed by atoms with Crippen molar-refractivity contribution in [2.45, 2.75) is 25.0 Å². The van der Waals surface area contributed by atoms with E-state index in [4.69, 9.17) is 0 Å². The fraction of sp³-hybridized carbons (Fsp3) is 0.0270. The lowest BCUT2D eigenvalue weighted by Gasteiger charge is -2.36. The quantitative estimate of drug-likeness (QED) is 0.208. The topological polar surface area (TPSA) is 0 Å². The molecule has 2 aliphatic heterocycles. The molecule has 6 aromatic rings. The number of hydrogen-bond acceptors (Lipinski definition) is 2. The van der Waals surface area contributed by atoms with Gasteiger partial charge in [-0.1, -0.05) is 156 Å². The van der Waals surface area contributed by atoms with E-state index in [0.717, 1.165) is 0 Å². The van der Waals surface area contributed by atoms with Gasteiger partial charge in [0.05, 0.1) is 5.41 Å². The molecule has 0 fully saturated rings. The lowest BCUT2D eigenvalue weighted by atomic mass is 9.36. The maximum atomic E-state index is 2.45. The third-order valence-corrected chi connectivity index (χ3v) is 11.3. The van der Waals surface area contributed by atoms with Crippen LogP contribution < -0.4 is 16.4 Å². The van der Waals surface area contributed by atoms with Crippen LogP contribution in [0.25, 0.3) is 11.1 Å². The molecule has 3 heteroatoms. The molecule has 1 aliphatic carbocycles. The Morgan fingerprint density at radius 1 is 0.450 bits per heavy atom. The van der Waals surface area contributed by atoms with E-state index in [1.807, 2.05) is 23.5 Å². The first kappa shape index (κ1) is 22.9. The zero-order valence-electron chi connectivity index (χ0n) is 21.7. The molecule has 0 saturated carbocycles. The summed E-state index contributed by atoms with van der Waals surface area (Å²) in [5, 5.41) is 0. The third kappa shape index (κ3) is 2.92. The van der Waals surface area contributed by atoms with Gasteiger partial charge in [0, 0.05) is 25.1 Å². The van der Waals surface area contributed by atoms with Crippen molar-refractivity contribution < 1.29 is 0 Å². The Morgan fingerprint density at radius 3 is 1.85 bits per heavy atom. The molecule has 0 bridgehead atoms. The molecule has 0 unspecified atom stereocenters. The molecule has 0 radical (unpaired) electrons. The average Bonchev–Trinajstić information content (AvgIpc) is 3.33. The van der Waals surface area contributed by atoms with Crippen molar-refractivity contribution in [3.05, 3.63) is 162 Å². The average molecular weight is 543 g/mol. The first-order valence-electron chi connectivity index (χ1n) is 13.8. The van der Waals surface area contributed by atoms with Gasteiger partial charge in [0.1, 0.15) is 0 Å². The third-order valence-electron chi connectivity index (χ3n) is 8.89. The van der Waals surface area contributed by atoms with Crippen molar-refractivity contribution in [2.24, 2.45) is 0 Å². The van der Waals surface area contributed by atoms with Gasteiger partial charge >= 0.3 is 0 Å². The predicted octanol–water partition coefficient (Wildman–Crippen LogP) is 7.50. The number of fused-ring (bicyclic) bond motifs is 8. The van der Waals surface area contributed by atoms with E-state index >= 15 is 0 Å². The van der Waals surface area contributed by atoms with E-state index in [9.17, 15) is 0 Å². The normalized spacial score (nSPS) is 14.9. The van der Waals surface area contributed by atoms with Crippen LogP contribution in [0.2, 0.25) is 0 Å². The molecule has 0 amide bonds. The monoisotopic (exact) mass is 542 g/mol. The molecular weight excluding hydrogens is 519 g/mol. The highest BCUT2D eigenvalue weighted by Crippen LogP contribution is 2.58. The molecule has 0 nitrogen and oxygen atoms in total. The van der Waals surface area contributed by atoms with Crippen molar-refractivity contribution in [3.8, 4) is 11.1 Å². The summed E-state index contributed by atoms with van der Waals surface area (Å²) in [6.07, 6.45) is 0. The van der Waals surface area contributed by atoms with Gasteiger partial charge in [-0.15, -0.1) is 0 Å². The molecule has 40 heavy (non-hydrogen) atoms. The predicted molar refractivity (Wildman–Crippen MR) is 170 cm³/mol. The molecule has 0 N–H and O–H groups in total. The van der Waals surface area contributed by atoms with Crippen molar-refractivity contribution in [2.75, 3.05) is 0 Å². The summed E-state index contributed by atoms with van der Waals surface area (Å²) in [5.41, 5.74) is 12.1. The lowest BCUT2D eigenvalue weighted by Crippen LogP contribution is -2.58. The first-order valence-corrected chi connectivity index (χ1v) is 15.4. The summed E-state index contributed by atoms with van der Waals surface area (Å²) in [7, 11) is 0. The summed E-state index contributed by atoms with van der Waals surface area (Å²) in [6.45, 7) is 0.251. The maximum Gasteiger partial charge on any atom is 0.247 e. The zero-order chi connectivity index (χ0) is 26.3. The van der Waals surface area contributed by atoms with Crippen molar-refractivity contribution in [1.82, 2.24) is 0 Å². The summed E-state index contributed by atoms with van der Waals surface area (Å²) in [6, 6.07) is 52.1. The second-order valence-electron chi connectivity index (χ2n) is 10.8. The molecule has 0 atom stereocenters. The molecule has 0 aromatic heterocycles. The summed E-state index contributed by atoms with van der Waals surface area (Å²) in [5.74, 6) is 0. The van der Waals surface area contributed by atoms with Gasteiger partial charge in [0.2, 0.25) is 6.71 Å². The molecule has 9 rings (SSSR count). The van der Waals surface area contributed by atoms with Crippen LogP contribution in [0.5, 0.6) is 0 Å². The number of hydrogen-bond donors (Lipinski definition) is 0. The fourth-order valence-corrected chi connectivity index (χ4v) is 9.93. The highest BCUT2D eigenvalue weighted by molar-refractivity contribution is 8.01.